The number of nitrogens with zero attached hydrogens (tertiary/aromatic N) is 2. The highest BCUT2D eigenvalue weighted by Gasteiger charge is 2.55. The van der Waals surface area contributed by atoms with Gasteiger partial charge >= 0.3 is 0 Å². The van der Waals surface area contributed by atoms with Gasteiger partial charge in [0.15, 0.2) is 0 Å². The molecular formula is C34H43Cl2N5O2. The Balaban J connectivity index is 1.53. The molecule has 0 saturated heterocycles. The molecule has 0 bridgehead atoms. The van der Waals surface area contributed by atoms with Gasteiger partial charge in [0.05, 0.1) is 12.6 Å². The van der Waals surface area contributed by atoms with Crippen LogP contribution in [-0.4, -0.2) is 40.5 Å². The van der Waals surface area contributed by atoms with Crippen LogP contribution in [0.4, 0.5) is 0 Å². The number of aliphatic imine (C=N–C) groups is 1. The van der Waals surface area contributed by atoms with Gasteiger partial charge in [-0.3, -0.25) is 20.0 Å². The van der Waals surface area contributed by atoms with E-state index >= 15 is 0 Å². The van der Waals surface area contributed by atoms with Crippen molar-refractivity contribution in [3.05, 3.63) is 69.2 Å². The third kappa shape index (κ3) is 6.93. The summed E-state index contributed by atoms with van der Waals surface area (Å²) < 4.78 is 0. The maximum Gasteiger partial charge on any atom is 0.275 e. The maximum absolute atomic E-state index is 14.6. The SMILES string of the molecule is CC(C)(C)CC[C@H](c1ccc(C(=O)NCC(=N)N)cc1)N1C(=O)C(c2cc(Cl)cc(Cl)c2)=NC12CCC(C1(C)CC1)CC2. The monoisotopic (exact) mass is 623 g/mol. The molecule has 5 rings (SSSR count). The van der Waals surface area contributed by atoms with E-state index in [1.54, 1.807) is 30.3 Å². The molecule has 2 saturated carbocycles. The first-order chi connectivity index (χ1) is 20.2. The van der Waals surface area contributed by atoms with Gasteiger partial charge in [0.25, 0.3) is 11.8 Å². The number of carbonyl (C=O) groups is 2. The van der Waals surface area contributed by atoms with Crippen molar-refractivity contribution in [2.45, 2.75) is 90.8 Å². The minimum atomic E-state index is -0.650. The molecule has 4 N–H and O–H groups in total. The fraction of sp³-hybridized carbons (Fsp3) is 0.529. The van der Waals surface area contributed by atoms with Gasteiger partial charge in [-0.1, -0.05) is 63.0 Å². The van der Waals surface area contributed by atoms with Gasteiger partial charge in [-0.25, -0.2) is 0 Å². The molecule has 0 radical (unpaired) electrons. The molecule has 1 aliphatic heterocycles. The van der Waals surface area contributed by atoms with Gasteiger partial charge in [0, 0.05) is 21.2 Å². The summed E-state index contributed by atoms with van der Waals surface area (Å²) in [5.74, 6) is 0.150. The highest BCUT2D eigenvalue weighted by atomic mass is 35.5. The lowest BCUT2D eigenvalue weighted by molar-refractivity contribution is -0.133. The predicted octanol–water partition coefficient (Wildman–Crippen LogP) is 7.54. The normalized spacial score (nSPS) is 23.7. The van der Waals surface area contributed by atoms with E-state index in [4.69, 9.17) is 39.3 Å². The second-order valence-electron chi connectivity index (χ2n) is 14.1. The highest BCUT2D eigenvalue weighted by Crippen LogP contribution is 2.58. The van der Waals surface area contributed by atoms with Crippen molar-refractivity contribution in [1.29, 1.82) is 5.41 Å². The van der Waals surface area contributed by atoms with Crippen molar-refractivity contribution in [3.63, 3.8) is 0 Å². The van der Waals surface area contributed by atoms with E-state index in [0.29, 0.717) is 38.2 Å². The number of hydrogen-bond donors (Lipinski definition) is 3. The molecule has 0 unspecified atom stereocenters. The van der Waals surface area contributed by atoms with Crippen LogP contribution in [0.1, 0.15) is 107 Å². The standard InChI is InChI=1S/C34H43Cl2N5O2/c1-32(2,3)12-11-27(21-5-7-22(8-6-21)30(42)39-20-28(37)38)41-31(43)29(23-17-25(35)19-26(36)18-23)40-34(41)13-9-24(10-14-34)33(4)15-16-33/h5-8,17-19,24,27H,9-16,20H2,1-4H3,(H3,37,38)(H,39,42)/t24?,27-,34?/m1/s1. The van der Waals surface area contributed by atoms with Crippen LogP contribution in [-0.2, 0) is 4.79 Å². The average Bonchev–Trinajstić information content (AvgIpc) is 3.63. The number of halogens is 2. The van der Waals surface area contributed by atoms with E-state index in [9.17, 15) is 9.59 Å². The first kappa shape index (κ1) is 31.5. The van der Waals surface area contributed by atoms with Crippen LogP contribution in [0.25, 0.3) is 0 Å². The third-order valence-electron chi connectivity index (χ3n) is 9.61. The largest absolute Gasteiger partial charge is 0.386 e. The molecule has 3 aliphatic rings. The zero-order valence-electron chi connectivity index (χ0n) is 25.6. The summed E-state index contributed by atoms with van der Waals surface area (Å²) in [7, 11) is 0. The number of benzene rings is 2. The molecule has 7 nitrogen and oxygen atoms in total. The van der Waals surface area contributed by atoms with E-state index < -0.39 is 5.66 Å². The zero-order valence-corrected chi connectivity index (χ0v) is 27.1. The van der Waals surface area contributed by atoms with Gasteiger partial charge in [-0.05, 0) is 104 Å². The topological polar surface area (TPSA) is 112 Å². The Morgan fingerprint density at radius 3 is 2.23 bits per heavy atom. The molecular weight excluding hydrogens is 581 g/mol. The summed E-state index contributed by atoms with van der Waals surface area (Å²) in [6.45, 7) is 9.03. The molecule has 2 aliphatic carbocycles. The minimum absolute atomic E-state index is 0.00668. The lowest BCUT2D eigenvalue weighted by Gasteiger charge is -2.46. The zero-order chi connectivity index (χ0) is 31.2. The number of carbonyl (C=O) groups excluding carboxylic acids is 2. The van der Waals surface area contributed by atoms with Crippen LogP contribution >= 0.6 is 23.2 Å². The molecule has 1 heterocycles. The smallest absolute Gasteiger partial charge is 0.275 e. The lowest BCUT2D eigenvalue weighted by Crippen LogP contribution is -2.51. The molecule has 230 valence electrons. The quantitative estimate of drug-likeness (QED) is 0.198. The Kier molecular flexibility index (Phi) is 8.71. The summed E-state index contributed by atoms with van der Waals surface area (Å²) in [6.07, 6.45) is 7.92. The van der Waals surface area contributed by atoms with Gasteiger partial charge in [0.2, 0.25) is 0 Å². The predicted molar refractivity (Wildman–Crippen MR) is 174 cm³/mol. The summed E-state index contributed by atoms with van der Waals surface area (Å²) in [5, 5.41) is 11.0. The van der Waals surface area contributed by atoms with Crippen molar-refractivity contribution in [3.8, 4) is 0 Å². The molecule has 0 aromatic heterocycles. The summed E-state index contributed by atoms with van der Waals surface area (Å²) in [4.78, 5) is 34.6. The summed E-state index contributed by atoms with van der Waals surface area (Å²) >= 11 is 12.8. The summed E-state index contributed by atoms with van der Waals surface area (Å²) in [5.41, 5.74) is 7.76. The molecule has 2 aromatic rings. The van der Waals surface area contributed by atoms with E-state index in [1.807, 2.05) is 12.1 Å². The molecule has 1 atom stereocenters. The van der Waals surface area contributed by atoms with Gasteiger partial charge in [-0.15, -0.1) is 0 Å². The van der Waals surface area contributed by atoms with Crippen LogP contribution in [0.3, 0.4) is 0 Å². The van der Waals surface area contributed by atoms with Crippen LogP contribution in [0.5, 0.6) is 0 Å². The van der Waals surface area contributed by atoms with Crippen molar-refractivity contribution < 1.29 is 9.59 Å². The average molecular weight is 625 g/mol. The molecule has 1 spiro atoms. The van der Waals surface area contributed by atoms with E-state index in [-0.39, 0.29) is 35.7 Å². The van der Waals surface area contributed by atoms with Gasteiger partial charge < -0.3 is 16.0 Å². The van der Waals surface area contributed by atoms with E-state index in [1.165, 1.54) is 12.8 Å². The van der Waals surface area contributed by atoms with E-state index in [0.717, 1.165) is 44.1 Å². The minimum Gasteiger partial charge on any atom is -0.386 e. The van der Waals surface area contributed by atoms with Crippen molar-refractivity contribution in [2.24, 2.45) is 27.5 Å². The molecule has 2 aromatic carbocycles. The number of rotatable bonds is 9. The molecule has 2 fully saturated rings. The molecule has 2 amide bonds. The Hall–Kier alpha value is -2.90. The number of amidine groups is 1. The second kappa shape index (κ2) is 11.9. The first-order valence-corrected chi connectivity index (χ1v) is 16.1. The van der Waals surface area contributed by atoms with Crippen molar-refractivity contribution in [2.75, 3.05) is 6.54 Å². The number of hydrogen-bond acceptors (Lipinski definition) is 4. The van der Waals surface area contributed by atoms with Crippen LogP contribution < -0.4 is 11.1 Å². The molecule has 43 heavy (non-hydrogen) atoms. The Morgan fingerprint density at radius 2 is 1.70 bits per heavy atom. The van der Waals surface area contributed by atoms with Gasteiger partial charge in [-0.2, -0.15) is 0 Å². The number of amides is 2. The van der Waals surface area contributed by atoms with E-state index in [2.05, 4.69) is 37.9 Å². The van der Waals surface area contributed by atoms with Crippen molar-refractivity contribution in [1.82, 2.24) is 10.2 Å². The van der Waals surface area contributed by atoms with Crippen LogP contribution in [0, 0.1) is 22.2 Å². The summed E-state index contributed by atoms with van der Waals surface area (Å²) in [6, 6.07) is 12.4. The Morgan fingerprint density at radius 1 is 1.09 bits per heavy atom. The van der Waals surface area contributed by atoms with Crippen molar-refractivity contribution >= 4 is 46.6 Å². The first-order valence-electron chi connectivity index (χ1n) is 15.3. The number of nitrogens with one attached hydrogen (secondary N) is 2. The third-order valence-corrected chi connectivity index (χ3v) is 10.0. The lowest BCUT2D eigenvalue weighted by atomic mass is 9.73. The Bertz CT molecular complexity index is 1410. The fourth-order valence-electron chi connectivity index (χ4n) is 6.81. The van der Waals surface area contributed by atoms with Crippen LogP contribution in [0.2, 0.25) is 10.0 Å². The second-order valence-corrected chi connectivity index (χ2v) is 15.0. The molecule has 9 heteroatoms. The van der Waals surface area contributed by atoms with Gasteiger partial charge in [0.1, 0.15) is 17.2 Å². The fourth-order valence-corrected chi connectivity index (χ4v) is 7.33. The van der Waals surface area contributed by atoms with Crippen LogP contribution in [0.15, 0.2) is 47.5 Å². The maximum atomic E-state index is 14.6. The Labute approximate surface area is 265 Å². The number of nitrogens with two attached hydrogens (primary N) is 1. The highest BCUT2D eigenvalue weighted by molar-refractivity contribution is 6.47.